The van der Waals surface area contributed by atoms with E-state index in [1.165, 1.54) is 0 Å². The van der Waals surface area contributed by atoms with Crippen LogP contribution in [0.1, 0.15) is 25.7 Å². The minimum absolute atomic E-state index is 0.104. The monoisotopic (exact) mass is 201 g/mol. The summed E-state index contributed by atoms with van der Waals surface area (Å²) < 4.78 is 0. The summed E-state index contributed by atoms with van der Waals surface area (Å²) in [7, 11) is 0. The summed E-state index contributed by atoms with van der Waals surface area (Å²) >= 11 is 0. The average molecular weight is 201 g/mol. The molecule has 0 aromatic carbocycles. The van der Waals surface area contributed by atoms with Gasteiger partial charge in [-0.3, -0.25) is 4.79 Å². The molecule has 0 rings (SSSR count). The second-order valence-electron chi connectivity index (χ2n) is 3.06. The van der Waals surface area contributed by atoms with Gasteiger partial charge in [0.05, 0.1) is 6.42 Å². The maximum Gasteiger partial charge on any atom is 0.305 e. The van der Waals surface area contributed by atoms with Crippen molar-refractivity contribution in [1.82, 2.24) is 5.32 Å². The quantitative estimate of drug-likeness (QED) is 0.413. The first-order chi connectivity index (χ1) is 6.66. The Kier molecular flexibility index (Phi) is 7.64. The van der Waals surface area contributed by atoms with Gasteiger partial charge >= 0.3 is 5.97 Å². The van der Waals surface area contributed by atoms with Crippen LogP contribution < -0.4 is 16.8 Å². The van der Waals surface area contributed by atoms with Crippen LogP contribution in [-0.2, 0) is 4.79 Å². The Morgan fingerprint density at radius 3 is 2.64 bits per heavy atom. The SMILES string of the molecule is NCCCCC(N)=CNCCC(=O)O. The Hall–Kier alpha value is -1.23. The lowest BCUT2D eigenvalue weighted by Gasteiger charge is -2.02. The molecule has 0 aromatic rings. The zero-order valence-electron chi connectivity index (χ0n) is 8.33. The van der Waals surface area contributed by atoms with Crippen LogP contribution >= 0.6 is 0 Å². The largest absolute Gasteiger partial charge is 0.481 e. The van der Waals surface area contributed by atoms with Crippen LogP contribution in [0, 0.1) is 0 Å². The van der Waals surface area contributed by atoms with Crippen molar-refractivity contribution in [3.8, 4) is 0 Å². The molecule has 0 radical (unpaired) electrons. The van der Waals surface area contributed by atoms with Gasteiger partial charge in [0.15, 0.2) is 0 Å². The van der Waals surface area contributed by atoms with Gasteiger partial charge in [-0.25, -0.2) is 0 Å². The van der Waals surface area contributed by atoms with Crippen LogP contribution in [0.3, 0.4) is 0 Å². The summed E-state index contributed by atoms with van der Waals surface area (Å²) in [5.41, 5.74) is 11.7. The number of rotatable bonds is 8. The molecule has 0 aromatic heterocycles. The molecule has 0 unspecified atom stereocenters. The minimum atomic E-state index is -0.812. The molecule has 0 fully saturated rings. The third-order valence-electron chi connectivity index (χ3n) is 1.69. The average Bonchev–Trinajstić information content (AvgIpc) is 2.13. The van der Waals surface area contributed by atoms with Crippen molar-refractivity contribution in [1.29, 1.82) is 0 Å². The van der Waals surface area contributed by atoms with Crippen LogP contribution in [0.15, 0.2) is 11.9 Å². The van der Waals surface area contributed by atoms with E-state index in [-0.39, 0.29) is 6.42 Å². The maximum absolute atomic E-state index is 10.1. The molecular formula is C9H19N3O2. The van der Waals surface area contributed by atoms with E-state index in [0.717, 1.165) is 25.0 Å². The van der Waals surface area contributed by atoms with E-state index >= 15 is 0 Å². The van der Waals surface area contributed by atoms with E-state index in [9.17, 15) is 4.79 Å². The fraction of sp³-hybridized carbons (Fsp3) is 0.667. The van der Waals surface area contributed by atoms with Crippen molar-refractivity contribution in [3.05, 3.63) is 11.9 Å². The van der Waals surface area contributed by atoms with Crippen molar-refractivity contribution in [2.45, 2.75) is 25.7 Å². The van der Waals surface area contributed by atoms with Gasteiger partial charge in [-0.15, -0.1) is 0 Å². The maximum atomic E-state index is 10.1. The zero-order chi connectivity index (χ0) is 10.8. The predicted molar refractivity (Wildman–Crippen MR) is 55.4 cm³/mol. The van der Waals surface area contributed by atoms with Gasteiger partial charge in [0, 0.05) is 18.4 Å². The molecule has 6 N–H and O–H groups in total. The minimum Gasteiger partial charge on any atom is -0.481 e. The molecular weight excluding hydrogens is 182 g/mol. The third-order valence-corrected chi connectivity index (χ3v) is 1.69. The molecule has 0 heterocycles. The van der Waals surface area contributed by atoms with Crippen LogP contribution in [0.25, 0.3) is 0 Å². The molecule has 0 spiro atoms. The Morgan fingerprint density at radius 1 is 1.36 bits per heavy atom. The molecule has 0 saturated heterocycles. The second-order valence-corrected chi connectivity index (χ2v) is 3.06. The van der Waals surface area contributed by atoms with Crippen LogP contribution in [0.2, 0.25) is 0 Å². The highest BCUT2D eigenvalue weighted by atomic mass is 16.4. The Morgan fingerprint density at radius 2 is 2.07 bits per heavy atom. The molecule has 5 heteroatoms. The first kappa shape index (κ1) is 12.8. The lowest BCUT2D eigenvalue weighted by molar-refractivity contribution is -0.136. The Balaban J connectivity index is 3.41. The number of carboxylic acid groups (broad SMARTS) is 1. The molecule has 0 aliphatic carbocycles. The summed E-state index contributed by atoms with van der Waals surface area (Å²) in [4.78, 5) is 10.1. The molecule has 0 aliphatic rings. The molecule has 0 aliphatic heterocycles. The van der Waals surface area contributed by atoms with Crippen molar-refractivity contribution in [3.63, 3.8) is 0 Å². The lowest BCUT2D eigenvalue weighted by Crippen LogP contribution is -2.14. The molecule has 0 saturated carbocycles. The highest BCUT2D eigenvalue weighted by molar-refractivity contribution is 5.66. The van der Waals surface area contributed by atoms with Crippen LogP contribution in [0.5, 0.6) is 0 Å². The second kappa shape index (κ2) is 8.37. The molecule has 82 valence electrons. The highest BCUT2D eigenvalue weighted by Crippen LogP contribution is 1.99. The number of allylic oxidation sites excluding steroid dienone is 1. The van der Waals surface area contributed by atoms with E-state index in [1.807, 2.05) is 0 Å². The number of unbranched alkanes of at least 4 members (excludes halogenated alkanes) is 1. The lowest BCUT2D eigenvalue weighted by atomic mass is 10.2. The number of carbonyl (C=O) groups is 1. The van der Waals surface area contributed by atoms with E-state index in [2.05, 4.69) is 5.32 Å². The molecule has 0 amide bonds. The van der Waals surface area contributed by atoms with Crippen molar-refractivity contribution in [2.75, 3.05) is 13.1 Å². The first-order valence-electron chi connectivity index (χ1n) is 4.76. The predicted octanol–water partition coefficient (Wildman–Crippen LogP) is -0.0202. The van der Waals surface area contributed by atoms with Crippen LogP contribution in [0.4, 0.5) is 0 Å². The topological polar surface area (TPSA) is 101 Å². The van der Waals surface area contributed by atoms with Gasteiger partial charge in [0.25, 0.3) is 0 Å². The number of nitrogens with two attached hydrogens (primary N) is 2. The number of carboxylic acids is 1. The van der Waals surface area contributed by atoms with Crippen molar-refractivity contribution >= 4 is 5.97 Å². The third kappa shape index (κ3) is 8.86. The summed E-state index contributed by atoms with van der Waals surface area (Å²) in [6, 6.07) is 0. The summed E-state index contributed by atoms with van der Waals surface area (Å²) in [6.07, 6.45) is 4.51. The number of aliphatic carboxylic acids is 1. The fourth-order valence-corrected chi connectivity index (χ4v) is 0.928. The van der Waals surface area contributed by atoms with Gasteiger partial charge in [0.2, 0.25) is 0 Å². The van der Waals surface area contributed by atoms with Crippen molar-refractivity contribution < 1.29 is 9.90 Å². The van der Waals surface area contributed by atoms with E-state index in [0.29, 0.717) is 13.1 Å². The normalized spacial score (nSPS) is 11.4. The molecule has 5 nitrogen and oxygen atoms in total. The summed E-state index contributed by atoms with van der Waals surface area (Å²) in [5.74, 6) is -0.812. The highest BCUT2D eigenvalue weighted by Gasteiger charge is 1.94. The summed E-state index contributed by atoms with van der Waals surface area (Å²) in [6.45, 7) is 1.09. The van der Waals surface area contributed by atoms with Crippen molar-refractivity contribution in [2.24, 2.45) is 11.5 Å². The molecule has 14 heavy (non-hydrogen) atoms. The first-order valence-corrected chi connectivity index (χ1v) is 4.76. The number of hydrogen-bond donors (Lipinski definition) is 4. The van der Waals surface area contributed by atoms with E-state index in [4.69, 9.17) is 16.6 Å². The Labute approximate surface area is 84.2 Å². The summed E-state index contributed by atoms with van der Waals surface area (Å²) in [5, 5.41) is 11.2. The van der Waals surface area contributed by atoms with Crippen LogP contribution in [-0.4, -0.2) is 24.2 Å². The number of hydrogen-bond acceptors (Lipinski definition) is 4. The van der Waals surface area contributed by atoms with Gasteiger partial charge in [0.1, 0.15) is 0 Å². The smallest absolute Gasteiger partial charge is 0.305 e. The van der Waals surface area contributed by atoms with Gasteiger partial charge < -0.3 is 21.9 Å². The van der Waals surface area contributed by atoms with Gasteiger partial charge in [-0.2, -0.15) is 0 Å². The molecule has 0 atom stereocenters. The van der Waals surface area contributed by atoms with E-state index in [1.54, 1.807) is 6.20 Å². The number of nitrogens with one attached hydrogen (secondary N) is 1. The van der Waals surface area contributed by atoms with Gasteiger partial charge in [-0.1, -0.05) is 0 Å². The fourth-order valence-electron chi connectivity index (χ4n) is 0.928. The van der Waals surface area contributed by atoms with E-state index < -0.39 is 5.97 Å². The molecule has 0 bridgehead atoms. The van der Waals surface area contributed by atoms with Gasteiger partial charge in [-0.05, 0) is 25.8 Å². The standard InChI is InChI=1S/C9H19N3O2/c10-5-2-1-3-8(11)7-12-6-4-9(13)14/h7,12H,1-6,10-11H2,(H,13,14). The Bertz CT molecular complexity index is 192. The zero-order valence-corrected chi connectivity index (χ0v) is 8.33.